The van der Waals surface area contributed by atoms with E-state index in [9.17, 15) is 14.4 Å². The van der Waals surface area contributed by atoms with E-state index in [1.54, 1.807) is 11.0 Å². The lowest BCUT2D eigenvalue weighted by Crippen LogP contribution is -2.44. The Bertz CT molecular complexity index is 1140. The molecule has 9 heteroatoms. The average Bonchev–Trinajstić information content (AvgIpc) is 3.06. The van der Waals surface area contributed by atoms with Crippen LogP contribution in [-0.4, -0.2) is 46.5 Å². The van der Waals surface area contributed by atoms with Crippen LogP contribution in [0.1, 0.15) is 36.0 Å². The Morgan fingerprint density at radius 1 is 1.09 bits per heavy atom. The maximum Gasteiger partial charge on any atom is 0.294 e. The van der Waals surface area contributed by atoms with E-state index in [1.807, 2.05) is 24.3 Å². The van der Waals surface area contributed by atoms with Gasteiger partial charge in [-0.05, 0) is 112 Å². The molecule has 0 aromatic heterocycles. The number of carbonyl (C=O) groups excluding carboxylic acids is 3. The molecule has 0 N–H and O–H groups in total. The fourth-order valence-electron chi connectivity index (χ4n) is 3.92. The summed E-state index contributed by atoms with van der Waals surface area (Å²) in [6.07, 6.45) is 4.76. The number of halogens is 2. The molecule has 0 aliphatic carbocycles. The van der Waals surface area contributed by atoms with Crippen LogP contribution in [0, 0.1) is 14.1 Å². The summed E-state index contributed by atoms with van der Waals surface area (Å²) in [6, 6.07) is 12.1. The summed E-state index contributed by atoms with van der Waals surface area (Å²) < 4.78 is 7.92. The highest BCUT2D eigenvalue weighted by Crippen LogP contribution is 2.35. The average molecular weight is 702 g/mol. The number of nitrogens with zero attached hydrogens (tertiary/aromatic N) is 2. The van der Waals surface area contributed by atoms with Crippen molar-refractivity contribution < 1.29 is 19.1 Å². The summed E-state index contributed by atoms with van der Waals surface area (Å²) in [5.74, 6) is 0.215. The largest absolute Gasteiger partial charge is 0.487 e. The van der Waals surface area contributed by atoms with Gasteiger partial charge in [0.15, 0.2) is 0 Å². The second-order valence-electron chi connectivity index (χ2n) is 8.30. The molecule has 2 aromatic carbocycles. The van der Waals surface area contributed by atoms with E-state index < -0.39 is 11.1 Å². The molecule has 4 rings (SSSR count). The summed E-state index contributed by atoms with van der Waals surface area (Å²) in [4.78, 5) is 41.0. The van der Waals surface area contributed by atoms with E-state index in [1.165, 1.54) is 5.56 Å². The molecule has 0 unspecified atom stereocenters. The van der Waals surface area contributed by atoms with Crippen LogP contribution < -0.4 is 4.74 Å². The lowest BCUT2D eigenvalue weighted by Gasteiger charge is -2.27. The molecule has 2 fully saturated rings. The summed E-state index contributed by atoms with van der Waals surface area (Å²) >= 11 is 5.33. The highest BCUT2D eigenvalue weighted by atomic mass is 127. The van der Waals surface area contributed by atoms with Crippen LogP contribution in [0.5, 0.6) is 5.75 Å². The van der Waals surface area contributed by atoms with Crippen LogP contribution in [0.4, 0.5) is 4.79 Å². The number of thioether (sulfide) groups is 1. The first-order valence-corrected chi connectivity index (χ1v) is 14.0. The molecular formula is C25H24I2N2O4S. The first-order chi connectivity index (χ1) is 16.3. The van der Waals surface area contributed by atoms with Gasteiger partial charge in [-0.2, -0.15) is 0 Å². The molecule has 0 atom stereocenters. The third kappa shape index (κ3) is 6.14. The second kappa shape index (κ2) is 11.4. The maximum atomic E-state index is 12.9. The van der Waals surface area contributed by atoms with Gasteiger partial charge in [-0.25, -0.2) is 0 Å². The molecular weight excluding hydrogens is 678 g/mol. The monoisotopic (exact) mass is 702 g/mol. The van der Waals surface area contributed by atoms with Crippen LogP contribution in [0.25, 0.3) is 6.08 Å². The minimum atomic E-state index is -0.412. The van der Waals surface area contributed by atoms with Crippen LogP contribution in [0.2, 0.25) is 0 Å². The van der Waals surface area contributed by atoms with Crippen molar-refractivity contribution in [2.24, 2.45) is 0 Å². The topological polar surface area (TPSA) is 66.9 Å². The van der Waals surface area contributed by atoms with E-state index in [2.05, 4.69) is 64.2 Å². The van der Waals surface area contributed by atoms with Crippen LogP contribution in [0.3, 0.4) is 0 Å². The number of imide groups is 1. The van der Waals surface area contributed by atoms with Crippen molar-refractivity contribution in [3.63, 3.8) is 0 Å². The number of carbonyl (C=O) groups is 3. The summed E-state index contributed by atoms with van der Waals surface area (Å²) in [6.45, 7) is 3.72. The van der Waals surface area contributed by atoms with Crippen molar-refractivity contribution in [3.05, 3.63) is 65.1 Å². The van der Waals surface area contributed by atoms with E-state index in [4.69, 9.17) is 4.74 Å². The fourth-order valence-corrected chi connectivity index (χ4v) is 6.89. The molecule has 2 aliphatic rings. The van der Waals surface area contributed by atoms with Crippen molar-refractivity contribution in [3.8, 4) is 5.75 Å². The Morgan fingerprint density at radius 3 is 2.47 bits per heavy atom. The van der Waals surface area contributed by atoms with Gasteiger partial charge in [0.1, 0.15) is 18.9 Å². The summed E-state index contributed by atoms with van der Waals surface area (Å²) in [7, 11) is 0. The van der Waals surface area contributed by atoms with Gasteiger partial charge in [0, 0.05) is 13.1 Å². The van der Waals surface area contributed by atoms with Gasteiger partial charge in [-0.15, -0.1) is 0 Å². The fraction of sp³-hybridized carbons (Fsp3) is 0.320. The third-order valence-electron chi connectivity index (χ3n) is 5.66. The van der Waals surface area contributed by atoms with Crippen LogP contribution in [-0.2, 0) is 16.2 Å². The molecule has 6 nitrogen and oxygen atoms in total. The Hall–Kier alpha value is -1.60. The van der Waals surface area contributed by atoms with Crippen LogP contribution >= 0.6 is 56.9 Å². The zero-order valence-electron chi connectivity index (χ0n) is 18.7. The Balaban J connectivity index is 1.45. The molecule has 0 bridgehead atoms. The van der Waals surface area contributed by atoms with E-state index in [0.29, 0.717) is 24.6 Å². The smallest absolute Gasteiger partial charge is 0.294 e. The molecule has 0 radical (unpaired) electrons. The van der Waals surface area contributed by atoms with E-state index in [-0.39, 0.29) is 12.5 Å². The van der Waals surface area contributed by atoms with Gasteiger partial charge in [0.2, 0.25) is 5.91 Å². The second-order valence-corrected chi connectivity index (χ2v) is 11.6. The highest BCUT2D eigenvalue weighted by Gasteiger charge is 2.37. The zero-order valence-corrected chi connectivity index (χ0v) is 23.8. The molecule has 2 aliphatic heterocycles. The Morgan fingerprint density at radius 2 is 1.79 bits per heavy atom. The number of amides is 3. The number of aryl methyl sites for hydroxylation is 1. The number of benzene rings is 2. The SMILES string of the molecule is Cc1cccc(COc2c(I)cc(/C=C3\SC(=O)N(CC(=O)N4CCCCC4)C3=O)cc2I)c1. The molecule has 0 spiro atoms. The van der Waals surface area contributed by atoms with Crippen molar-refractivity contribution >= 4 is 80.1 Å². The predicted molar refractivity (Wildman–Crippen MR) is 150 cm³/mol. The van der Waals surface area contributed by atoms with Gasteiger partial charge in [-0.3, -0.25) is 19.3 Å². The molecule has 2 heterocycles. The zero-order chi connectivity index (χ0) is 24.2. The summed E-state index contributed by atoms with van der Waals surface area (Å²) in [5.41, 5.74) is 3.10. The van der Waals surface area contributed by atoms with Crippen LogP contribution in [0.15, 0.2) is 41.3 Å². The van der Waals surface area contributed by atoms with Crippen molar-refractivity contribution in [1.82, 2.24) is 9.80 Å². The van der Waals surface area contributed by atoms with E-state index >= 15 is 0 Å². The quantitative estimate of drug-likeness (QED) is 0.280. The number of hydrogen-bond donors (Lipinski definition) is 0. The molecule has 178 valence electrons. The number of ether oxygens (including phenoxy) is 1. The van der Waals surface area contributed by atoms with Gasteiger partial charge >= 0.3 is 0 Å². The molecule has 3 amide bonds. The van der Waals surface area contributed by atoms with Gasteiger partial charge in [0.05, 0.1) is 12.0 Å². The lowest BCUT2D eigenvalue weighted by molar-refractivity contribution is -0.136. The predicted octanol–water partition coefficient (Wildman–Crippen LogP) is 5.83. The standard InChI is InChI=1S/C25H24I2N2O4S/c1-16-6-5-7-17(10-16)15-33-23-19(26)11-18(12-20(23)27)13-21-24(31)29(25(32)34-21)14-22(30)28-8-3-2-4-9-28/h5-7,10-13H,2-4,8-9,14-15H2,1H3/b21-13-. The van der Waals surface area contributed by atoms with Gasteiger partial charge < -0.3 is 9.64 Å². The number of piperidine rings is 1. The molecule has 34 heavy (non-hydrogen) atoms. The molecule has 2 saturated heterocycles. The third-order valence-corrected chi connectivity index (χ3v) is 8.17. The van der Waals surface area contributed by atoms with E-state index in [0.717, 1.165) is 59.9 Å². The van der Waals surface area contributed by atoms with Gasteiger partial charge in [0.25, 0.3) is 11.1 Å². The minimum absolute atomic E-state index is 0.164. The minimum Gasteiger partial charge on any atom is -0.487 e. The summed E-state index contributed by atoms with van der Waals surface area (Å²) in [5, 5.41) is -0.399. The van der Waals surface area contributed by atoms with Gasteiger partial charge in [-0.1, -0.05) is 29.8 Å². The van der Waals surface area contributed by atoms with Crippen molar-refractivity contribution in [2.75, 3.05) is 19.6 Å². The molecule has 2 aromatic rings. The first kappa shape index (κ1) is 25.5. The first-order valence-electron chi connectivity index (χ1n) is 11.0. The lowest BCUT2D eigenvalue weighted by atomic mass is 10.1. The molecule has 0 saturated carbocycles. The normalized spacial score (nSPS) is 17.6. The van der Waals surface area contributed by atoms with Crippen molar-refractivity contribution in [1.29, 1.82) is 0 Å². The van der Waals surface area contributed by atoms with Crippen molar-refractivity contribution in [2.45, 2.75) is 32.8 Å². The Labute approximate surface area is 230 Å². The number of rotatable bonds is 6. The Kier molecular flexibility index (Phi) is 8.57. The maximum absolute atomic E-state index is 12.9. The number of hydrogen-bond acceptors (Lipinski definition) is 5. The number of likely N-dealkylation sites (tertiary alicyclic amines) is 1. The highest BCUT2D eigenvalue weighted by molar-refractivity contribution is 14.1.